The average Bonchev–Trinajstić information content (AvgIpc) is 2.34. The second-order valence-corrected chi connectivity index (χ2v) is 5.36. The van der Waals surface area contributed by atoms with Gasteiger partial charge in [-0.1, -0.05) is 24.6 Å². The lowest BCUT2D eigenvalue weighted by Gasteiger charge is -2.31. The van der Waals surface area contributed by atoms with Crippen molar-refractivity contribution in [2.45, 2.75) is 26.3 Å². The Bertz CT molecular complexity index is 503. The summed E-state index contributed by atoms with van der Waals surface area (Å²) in [5.74, 6) is -1.39. The quantitative estimate of drug-likeness (QED) is 0.844. The molecule has 0 radical (unpaired) electrons. The summed E-state index contributed by atoms with van der Waals surface area (Å²) in [5.41, 5.74) is -0.386. The summed E-state index contributed by atoms with van der Waals surface area (Å²) in [6, 6.07) is 6.59. The number of likely N-dealkylation sites (N-methyl/N-ethyl adjacent to an activating group) is 1. The summed E-state index contributed by atoms with van der Waals surface area (Å²) in [5, 5.41) is 12.5. The number of hydrogen-bond donors (Lipinski definition) is 2. The van der Waals surface area contributed by atoms with Crippen molar-refractivity contribution in [2.75, 3.05) is 18.0 Å². The zero-order chi connectivity index (χ0) is 15.3. The first-order valence-electron chi connectivity index (χ1n) is 6.32. The third kappa shape index (κ3) is 4.21. The molecule has 2 N–H and O–H groups in total. The predicted octanol–water partition coefficient (Wildman–Crippen LogP) is 2.15. The van der Waals surface area contributed by atoms with E-state index in [1.165, 1.54) is 4.90 Å². The van der Waals surface area contributed by atoms with E-state index >= 15 is 0 Å². The van der Waals surface area contributed by atoms with Gasteiger partial charge in [0, 0.05) is 10.7 Å². The molecular weight excluding hydrogens is 280 g/mol. The zero-order valence-electron chi connectivity index (χ0n) is 11.8. The Morgan fingerprint density at radius 2 is 2.05 bits per heavy atom. The van der Waals surface area contributed by atoms with Crippen LogP contribution in [0.4, 0.5) is 5.69 Å². The normalized spacial score (nSPS) is 11.2. The van der Waals surface area contributed by atoms with E-state index in [0.29, 0.717) is 17.3 Å². The molecule has 0 aromatic heterocycles. The van der Waals surface area contributed by atoms with Crippen LogP contribution in [0.1, 0.15) is 20.8 Å². The van der Waals surface area contributed by atoms with Crippen LogP contribution in [-0.2, 0) is 9.59 Å². The molecule has 5 nitrogen and oxygen atoms in total. The lowest BCUT2D eigenvalue weighted by atomic mass is 10.0. The summed E-state index contributed by atoms with van der Waals surface area (Å²) in [6.07, 6.45) is 0. The maximum Gasteiger partial charge on any atom is 0.323 e. The van der Waals surface area contributed by atoms with Crippen molar-refractivity contribution in [1.82, 2.24) is 5.32 Å². The van der Waals surface area contributed by atoms with E-state index in [0.717, 1.165) is 0 Å². The number of anilines is 1. The molecule has 0 aliphatic rings. The molecule has 110 valence electrons. The minimum absolute atomic E-state index is 0.316. The highest BCUT2D eigenvalue weighted by Crippen LogP contribution is 2.22. The molecule has 1 aromatic rings. The van der Waals surface area contributed by atoms with Crippen LogP contribution in [0.15, 0.2) is 24.3 Å². The van der Waals surface area contributed by atoms with E-state index in [1.807, 2.05) is 6.92 Å². The maximum absolute atomic E-state index is 12.6. The van der Waals surface area contributed by atoms with Gasteiger partial charge in [0.15, 0.2) is 0 Å². The van der Waals surface area contributed by atoms with E-state index in [4.69, 9.17) is 16.7 Å². The minimum Gasteiger partial charge on any atom is -0.480 e. The van der Waals surface area contributed by atoms with E-state index in [2.05, 4.69) is 5.32 Å². The molecular formula is C14H19ClN2O3. The molecule has 0 fully saturated rings. The van der Waals surface area contributed by atoms with Crippen molar-refractivity contribution in [3.63, 3.8) is 0 Å². The maximum atomic E-state index is 12.6. The number of rotatable bonds is 6. The van der Waals surface area contributed by atoms with Gasteiger partial charge < -0.3 is 10.4 Å². The highest BCUT2D eigenvalue weighted by Gasteiger charge is 2.33. The number of amides is 1. The number of nitrogens with zero attached hydrogens (tertiary/aromatic N) is 1. The number of hydrogen-bond acceptors (Lipinski definition) is 3. The molecule has 0 heterocycles. The van der Waals surface area contributed by atoms with E-state index < -0.39 is 18.1 Å². The molecule has 0 atom stereocenters. The number of carboxylic acids is 1. The van der Waals surface area contributed by atoms with Crippen molar-refractivity contribution in [1.29, 1.82) is 0 Å². The molecule has 6 heteroatoms. The van der Waals surface area contributed by atoms with Gasteiger partial charge in [-0.05, 0) is 38.6 Å². The predicted molar refractivity (Wildman–Crippen MR) is 79.2 cm³/mol. The average molecular weight is 299 g/mol. The van der Waals surface area contributed by atoms with Gasteiger partial charge in [0.1, 0.15) is 6.54 Å². The van der Waals surface area contributed by atoms with Gasteiger partial charge in [0.25, 0.3) is 0 Å². The molecule has 0 saturated carbocycles. The number of carboxylic acid groups (broad SMARTS) is 1. The van der Waals surface area contributed by atoms with E-state index in [9.17, 15) is 9.59 Å². The molecule has 0 aliphatic heterocycles. The number of halogens is 1. The molecule has 20 heavy (non-hydrogen) atoms. The van der Waals surface area contributed by atoms with Gasteiger partial charge in [0.2, 0.25) is 5.91 Å². The molecule has 1 amide bonds. The highest BCUT2D eigenvalue weighted by atomic mass is 35.5. The largest absolute Gasteiger partial charge is 0.480 e. The Balaban J connectivity index is 3.13. The minimum atomic E-state index is -1.08. The van der Waals surface area contributed by atoms with Crippen molar-refractivity contribution < 1.29 is 14.7 Å². The second kappa shape index (κ2) is 6.72. The van der Waals surface area contributed by atoms with Crippen LogP contribution in [0, 0.1) is 0 Å². The van der Waals surface area contributed by atoms with Crippen LogP contribution >= 0.6 is 11.6 Å². The lowest BCUT2D eigenvalue weighted by molar-refractivity contribution is -0.137. The fourth-order valence-corrected chi connectivity index (χ4v) is 2.10. The number of carbonyl (C=O) groups is 2. The Hall–Kier alpha value is -1.59. The lowest BCUT2D eigenvalue weighted by Crippen LogP contribution is -2.55. The summed E-state index contributed by atoms with van der Waals surface area (Å²) in [7, 11) is 0. The van der Waals surface area contributed by atoms with Crippen molar-refractivity contribution in [3.8, 4) is 0 Å². The monoisotopic (exact) mass is 298 g/mol. The second-order valence-electron chi connectivity index (χ2n) is 4.92. The number of aliphatic carboxylic acids is 1. The first-order valence-corrected chi connectivity index (χ1v) is 6.70. The van der Waals surface area contributed by atoms with Crippen LogP contribution in [0.5, 0.6) is 0 Å². The van der Waals surface area contributed by atoms with Crippen LogP contribution in [0.3, 0.4) is 0 Å². The van der Waals surface area contributed by atoms with Crippen molar-refractivity contribution in [2.24, 2.45) is 0 Å². The molecule has 0 bridgehead atoms. The Morgan fingerprint density at radius 3 is 2.55 bits per heavy atom. The van der Waals surface area contributed by atoms with Gasteiger partial charge >= 0.3 is 5.97 Å². The van der Waals surface area contributed by atoms with Crippen LogP contribution in [0.25, 0.3) is 0 Å². The molecule has 0 aliphatic carbocycles. The summed E-state index contributed by atoms with van der Waals surface area (Å²) in [4.78, 5) is 24.8. The molecule has 1 aromatic carbocycles. The molecule has 0 unspecified atom stereocenters. The Kier molecular flexibility index (Phi) is 5.53. The van der Waals surface area contributed by atoms with Gasteiger partial charge in [0.05, 0.1) is 5.54 Å². The summed E-state index contributed by atoms with van der Waals surface area (Å²) >= 11 is 5.90. The van der Waals surface area contributed by atoms with Gasteiger partial charge in [-0.2, -0.15) is 0 Å². The SMILES string of the molecule is CCNC(C)(C)C(=O)N(CC(=O)O)c1cccc(Cl)c1. The van der Waals surface area contributed by atoms with E-state index in [1.54, 1.807) is 38.1 Å². The first kappa shape index (κ1) is 16.5. The van der Waals surface area contributed by atoms with Gasteiger partial charge in [-0.15, -0.1) is 0 Å². The summed E-state index contributed by atoms with van der Waals surface area (Å²) < 4.78 is 0. The van der Waals surface area contributed by atoms with Gasteiger partial charge in [-0.3, -0.25) is 14.5 Å². The third-order valence-electron chi connectivity index (χ3n) is 2.81. The van der Waals surface area contributed by atoms with Crippen molar-refractivity contribution in [3.05, 3.63) is 29.3 Å². The zero-order valence-corrected chi connectivity index (χ0v) is 12.6. The Morgan fingerprint density at radius 1 is 1.40 bits per heavy atom. The van der Waals surface area contributed by atoms with Crippen molar-refractivity contribution >= 4 is 29.2 Å². The topological polar surface area (TPSA) is 69.6 Å². The number of nitrogens with one attached hydrogen (secondary N) is 1. The molecule has 0 spiro atoms. The number of carbonyl (C=O) groups excluding carboxylic acids is 1. The smallest absolute Gasteiger partial charge is 0.323 e. The fourth-order valence-electron chi connectivity index (χ4n) is 1.91. The third-order valence-corrected chi connectivity index (χ3v) is 3.05. The molecule has 0 saturated heterocycles. The Labute approximate surface area is 123 Å². The standard InChI is InChI=1S/C14H19ClN2O3/c1-4-16-14(2,3)13(20)17(9-12(18)19)11-7-5-6-10(15)8-11/h5-8,16H,4,9H2,1-3H3,(H,18,19). The van der Waals surface area contributed by atoms with Crippen LogP contribution < -0.4 is 10.2 Å². The number of benzene rings is 1. The van der Waals surface area contributed by atoms with Crippen LogP contribution in [-0.4, -0.2) is 35.6 Å². The fraction of sp³-hybridized carbons (Fsp3) is 0.429. The van der Waals surface area contributed by atoms with E-state index in [-0.39, 0.29) is 5.91 Å². The molecule has 1 rings (SSSR count). The summed E-state index contributed by atoms with van der Waals surface area (Å²) in [6.45, 7) is 5.52. The van der Waals surface area contributed by atoms with Crippen LogP contribution in [0.2, 0.25) is 5.02 Å². The van der Waals surface area contributed by atoms with Gasteiger partial charge in [-0.25, -0.2) is 0 Å². The first-order chi connectivity index (χ1) is 9.27. The highest BCUT2D eigenvalue weighted by molar-refractivity contribution is 6.31.